The molecule has 0 aliphatic carbocycles. The van der Waals surface area contributed by atoms with Gasteiger partial charge in [0.2, 0.25) is 0 Å². The van der Waals surface area contributed by atoms with Crippen molar-refractivity contribution in [1.82, 2.24) is 10.2 Å². The highest BCUT2D eigenvalue weighted by Crippen LogP contribution is 2.19. The van der Waals surface area contributed by atoms with Gasteiger partial charge in [0.15, 0.2) is 0 Å². The van der Waals surface area contributed by atoms with Crippen molar-refractivity contribution >= 4 is 11.3 Å². The third-order valence-corrected chi connectivity index (χ3v) is 4.28. The van der Waals surface area contributed by atoms with Crippen LogP contribution >= 0.6 is 11.3 Å². The summed E-state index contributed by atoms with van der Waals surface area (Å²) in [6.45, 7) is 4.40. The number of benzene rings is 1. The fourth-order valence-electron chi connectivity index (χ4n) is 2.49. The van der Waals surface area contributed by atoms with E-state index >= 15 is 0 Å². The zero-order valence-electron chi connectivity index (χ0n) is 10.4. The molecule has 3 heteroatoms. The number of nitrogens with zero attached hydrogens (tertiary/aromatic N) is 1. The second-order valence-electron chi connectivity index (χ2n) is 4.73. The quantitative estimate of drug-likeness (QED) is 0.910. The number of thiophene rings is 1. The molecular formula is C15H18N2S. The lowest BCUT2D eigenvalue weighted by molar-refractivity contribution is 0.195. The zero-order chi connectivity index (χ0) is 12.2. The number of piperazine rings is 1. The van der Waals surface area contributed by atoms with Gasteiger partial charge in [-0.3, -0.25) is 4.90 Å². The Morgan fingerprint density at radius 2 is 2.06 bits per heavy atom. The van der Waals surface area contributed by atoms with Crippen molar-refractivity contribution in [2.24, 2.45) is 0 Å². The number of rotatable bonds is 3. The van der Waals surface area contributed by atoms with E-state index in [4.69, 9.17) is 0 Å². The third kappa shape index (κ3) is 2.80. The fourth-order valence-corrected chi connectivity index (χ4v) is 3.23. The first-order chi connectivity index (χ1) is 8.92. The van der Waals surface area contributed by atoms with E-state index in [0.717, 1.165) is 26.2 Å². The van der Waals surface area contributed by atoms with Crippen molar-refractivity contribution in [2.75, 3.05) is 19.6 Å². The Kier molecular flexibility index (Phi) is 3.74. The van der Waals surface area contributed by atoms with Gasteiger partial charge < -0.3 is 5.32 Å². The Labute approximate surface area is 112 Å². The molecule has 1 N–H and O–H groups in total. The Hall–Kier alpha value is -1.16. The monoisotopic (exact) mass is 258 g/mol. The van der Waals surface area contributed by atoms with Gasteiger partial charge >= 0.3 is 0 Å². The molecule has 1 aliphatic heterocycles. The number of nitrogens with one attached hydrogen (secondary N) is 1. The van der Waals surface area contributed by atoms with Crippen LogP contribution in [-0.2, 0) is 6.54 Å². The van der Waals surface area contributed by atoms with Crippen molar-refractivity contribution in [1.29, 1.82) is 0 Å². The van der Waals surface area contributed by atoms with E-state index in [9.17, 15) is 0 Å². The first-order valence-corrected chi connectivity index (χ1v) is 7.33. The van der Waals surface area contributed by atoms with Crippen LogP contribution in [0.2, 0.25) is 0 Å². The van der Waals surface area contributed by atoms with Gasteiger partial charge in [-0.15, -0.1) is 11.3 Å². The minimum Gasteiger partial charge on any atom is -0.308 e. The van der Waals surface area contributed by atoms with Crippen LogP contribution in [0.25, 0.3) is 0 Å². The number of hydrogen-bond donors (Lipinski definition) is 1. The Balaban J connectivity index is 1.65. The van der Waals surface area contributed by atoms with Crippen molar-refractivity contribution in [2.45, 2.75) is 12.6 Å². The van der Waals surface area contributed by atoms with Crippen molar-refractivity contribution < 1.29 is 0 Å². The van der Waals surface area contributed by atoms with Crippen LogP contribution in [0, 0.1) is 0 Å². The summed E-state index contributed by atoms with van der Waals surface area (Å²) in [5, 5.41) is 5.77. The highest BCUT2D eigenvalue weighted by atomic mass is 32.1. The molecule has 1 unspecified atom stereocenters. The molecule has 1 atom stereocenters. The van der Waals surface area contributed by atoms with Crippen LogP contribution in [0.5, 0.6) is 0 Å². The average molecular weight is 258 g/mol. The summed E-state index contributed by atoms with van der Waals surface area (Å²) in [5.74, 6) is 0. The lowest BCUT2D eigenvalue weighted by Gasteiger charge is -2.33. The summed E-state index contributed by atoms with van der Waals surface area (Å²) in [6, 6.07) is 15.6. The Morgan fingerprint density at radius 3 is 2.83 bits per heavy atom. The maximum atomic E-state index is 3.61. The molecule has 0 saturated carbocycles. The Bertz CT molecular complexity index is 467. The Morgan fingerprint density at radius 1 is 1.17 bits per heavy atom. The van der Waals surface area contributed by atoms with E-state index < -0.39 is 0 Å². The maximum absolute atomic E-state index is 3.61. The third-order valence-electron chi connectivity index (χ3n) is 3.42. The first-order valence-electron chi connectivity index (χ1n) is 6.45. The van der Waals surface area contributed by atoms with Crippen LogP contribution in [0.1, 0.15) is 16.5 Å². The molecule has 0 radical (unpaired) electrons. The molecule has 1 aromatic carbocycles. The molecule has 0 bridgehead atoms. The highest BCUT2D eigenvalue weighted by molar-refractivity contribution is 7.09. The van der Waals surface area contributed by atoms with E-state index in [1.54, 1.807) is 0 Å². The molecule has 1 aromatic heterocycles. The van der Waals surface area contributed by atoms with E-state index in [0.29, 0.717) is 6.04 Å². The average Bonchev–Trinajstić information content (AvgIpc) is 2.93. The first kappa shape index (κ1) is 11.9. The molecule has 2 heterocycles. The molecule has 1 saturated heterocycles. The second kappa shape index (κ2) is 5.65. The molecule has 1 fully saturated rings. The summed E-state index contributed by atoms with van der Waals surface area (Å²) in [7, 11) is 0. The van der Waals surface area contributed by atoms with Crippen molar-refractivity contribution in [3.05, 3.63) is 58.3 Å². The SMILES string of the molecule is c1ccc(C2CN(Cc3cccs3)CCN2)cc1. The molecule has 2 nitrogen and oxygen atoms in total. The lowest BCUT2D eigenvalue weighted by atomic mass is 10.0. The molecule has 0 amide bonds. The van der Waals surface area contributed by atoms with E-state index in [2.05, 4.69) is 58.1 Å². The highest BCUT2D eigenvalue weighted by Gasteiger charge is 2.20. The fraction of sp³-hybridized carbons (Fsp3) is 0.333. The summed E-state index contributed by atoms with van der Waals surface area (Å²) in [5.41, 5.74) is 1.40. The van der Waals surface area contributed by atoms with Gasteiger partial charge in [0.1, 0.15) is 0 Å². The van der Waals surface area contributed by atoms with Gasteiger partial charge in [0.05, 0.1) is 0 Å². The topological polar surface area (TPSA) is 15.3 Å². The van der Waals surface area contributed by atoms with Gasteiger partial charge in [-0.25, -0.2) is 0 Å². The second-order valence-corrected chi connectivity index (χ2v) is 5.76. The van der Waals surface area contributed by atoms with Crippen LogP contribution in [0.3, 0.4) is 0 Å². The smallest absolute Gasteiger partial charge is 0.0449 e. The molecule has 1 aliphatic rings. The van der Waals surface area contributed by atoms with Gasteiger partial charge in [-0.2, -0.15) is 0 Å². The van der Waals surface area contributed by atoms with E-state index in [1.165, 1.54) is 10.4 Å². The molecule has 18 heavy (non-hydrogen) atoms. The molecule has 0 spiro atoms. The van der Waals surface area contributed by atoms with Gasteiger partial charge in [0.25, 0.3) is 0 Å². The molecule has 2 aromatic rings. The van der Waals surface area contributed by atoms with Crippen molar-refractivity contribution in [3.8, 4) is 0 Å². The van der Waals surface area contributed by atoms with Crippen LogP contribution in [-0.4, -0.2) is 24.5 Å². The molecular weight excluding hydrogens is 240 g/mol. The lowest BCUT2D eigenvalue weighted by Crippen LogP contribution is -2.45. The summed E-state index contributed by atoms with van der Waals surface area (Å²) < 4.78 is 0. The van der Waals surface area contributed by atoms with Crippen LogP contribution in [0.15, 0.2) is 47.8 Å². The molecule has 94 valence electrons. The van der Waals surface area contributed by atoms with Gasteiger partial charge in [-0.05, 0) is 17.0 Å². The largest absolute Gasteiger partial charge is 0.308 e. The van der Waals surface area contributed by atoms with Gasteiger partial charge in [0, 0.05) is 37.1 Å². The molecule has 3 rings (SSSR count). The predicted molar refractivity (Wildman–Crippen MR) is 76.8 cm³/mol. The standard InChI is InChI=1S/C15H18N2S/c1-2-5-13(6-3-1)15-12-17(9-8-16-15)11-14-7-4-10-18-14/h1-7,10,15-16H,8-9,11-12H2. The van der Waals surface area contributed by atoms with Gasteiger partial charge in [-0.1, -0.05) is 36.4 Å². The predicted octanol–water partition coefficient (Wildman–Crippen LogP) is 2.89. The van der Waals surface area contributed by atoms with Crippen LogP contribution < -0.4 is 5.32 Å². The summed E-state index contributed by atoms with van der Waals surface area (Å²) in [6.07, 6.45) is 0. The normalized spacial score (nSPS) is 21.0. The number of hydrogen-bond acceptors (Lipinski definition) is 3. The van der Waals surface area contributed by atoms with E-state index in [-0.39, 0.29) is 0 Å². The summed E-state index contributed by atoms with van der Waals surface area (Å²) >= 11 is 1.85. The van der Waals surface area contributed by atoms with Crippen LogP contribution in [0.4, 0.5) is 0 Å². The van der Waals surface area contributed by atoms with Crippen molar-refractivity contribution in [3.63, 3.8) is 0 Å². The minimum absolute atomic E-state index is 0.472. The minimum atomic E-state index is 0.472. The zero-order valence-corrected chi connectivity index (χ0v) is 11.2. The van der Waals surface area contributed by atoms with E-state index in [1.807, 2.05) is 11.3 Å². The maximum Gasteiger partial charge on any atom is 0.0449 e. The summed E-state index contributed by atoms with van der Waals surface area (Å²) in [4.78, 5) is 4.00.